The topological polar surface area (TPSA) is 78.3 Å². The van der Waals surface area contributed by atoms with E-state index in [1.165, 1.54) is 11.1 Å². The van der Waals surface area contributed by atoms with Crippen LogP contribution in [0.15, 0.2) is 52.2 Å². The molecular weight excluding hydrogens is 420 g/mol. The maximum absolute atomic E-state index is 13.1. The van der Waals surface area contributed by atoms with E-state index in [1.807, 2.05) is 6.92 Å². The average molecular weight is 437 g/mol. The van der Waals surface area contributed by atoms with E-state index in [2.05, 4.69) is 25.7 Å². The van der Waals surface area contributed by atoms with Crippen molar-refractivity contribution in [2.45, 2.75) is 24.7 Å². The predicted molar refractivity (Wildman–Crippen MR) is 102 cm³/mol. The van der Waals surface area contributed by atoms with E-state index in [0.29, 0.717) is 21.9 Å². The van der Waals surface area contributed by atoms with Crippen LogP contribution in [-0.2, 0) is 26.0 Å². The molecule has 3 rings (SSSR count). The third-order valence-corrected chi connectivity index (χ3v) is 6.23. The number of hydrogen-bond acceptors (Lipinski definition) is 5. The number of carbonyl (C=O) groups is 1. The first-order valence-electron chi connectivity index (χ1n) is 7.87. The van der Waals surface area contributed by atoms with Gasteiger partial charge in [-0.2, -0.15) is 0 Å². The molecule has 0 aliphatic rings. The number of benzene rings is 1. The number of aryl methyl sites for hydroxylation is 2. The molecule has 0 radical (unpaired) electrons. The first-order valence-corrected chi connectivity index (χ1v) is 10.1. The van der Waals surface area contributed by atoms with Gasteiger partial charge < -0.3 is 4.74 Å². The fraction of sp³-hybridized carbons (Fsp3) is 0.222. The minimum atomic E-state index is -3.77. The molecule has 2 aromatic heterocycles. The standard InChI is InChI=1S/C18H17BrN2O4S/c1-12-3-6-14(7-4-12)26(23,24)21-11-13(5-8-18(22)25-2)15-10-20-17(19)9-16(15)21/h3-4,6-7,9-11H,5,8H2,1-2H3. The van der Waals surface area contributed by atoms with Gasteiger partial charge in [0.1, 0.15) is 4.60 Å². The Hall–Kier alpha value is -2.19. The number of carbonyl (C=O) groups excluding carboxylic acids is 1. The Morgan fingerprint density at radius 3 is 2.62 bits per heavy atom. The summed E-state index contributed by atoms with van der Waals surface area (Å²) in [5.74, 6) is -0.350. The van der Waals surface area contributed by atoms with Crippen molar-refractivity contribution in [1.29, 1.82) is 0 Å². The molecule has 0 aliphatic carbocycles. The Labute approximate surface area is 160 Å². The van der Waals surface area contributed by atoms with Gasteiger partial charge in [0.15, 0.2) is 0 Å². The van der Waals surface area contributed by atoms with E-state index in [-0.39, 0.29) is 17.3 Å². The van der Waals surface area contributed by atoms with Gasteiger partial charge in [-0.1, -0.05) is 17.7 Å². The molecule has 1 aromatic carbocycles. The molecule has 8 heteroatoms. The highest BCUT2D eigenvalue weighted by Gasteiger charge is 2.22. The molecule has 0 saturated heterocycles. The van der Waals surface area contributed by atoms with Gasteiger partial charge in [-0.3, -0.25) is 4.79 Å². The molecule has 0 N–H and O–H groups in total. The molecular formula is C18H17BrN2O4S. The molecule has 6 nitrogen and oxygen atoms in total. The van der Waals surface area contributed by atoms with Crippen molar-refractivity contribution in [3.05, 3.63) is 58.5 Å². The summed E-state index contributed by atoms with van der Waals surface area (Å²) in [5.41, 5.74) is 2.21. The van der Waals surface area contributed by atoms with Crippen LogP contribution in [0, 0.1) is 6.92 Å². The largest absolute Gasteiger partial charge is 0.469 e. The van der Waals surface area contributed by atoms with Crippen molar-refractivity contribution < 1.29 is 17.9 Å². The van der Waals surface area contributed by atoms with Crippen molar-refractivity contribution in [2.75, 3.05) is 7.11 Å². The number of aromatic nitrogens is 2. The molecule has 0 fully saturated rings. The second-order valence-electron chi connectivity index (χ2n) is 5.87. The van der Waals surface area contributed by atoms with E-state index in [9.17, 15) is 13.2 Å². The number of pyridine rings is 1. The number of methoxy groups -OCH3 is 1. The smallest absolute Gasteiger partial charge is 0.305 e. The first-order chi connectivity index (χ1) is 12.3. The minimum absolute atomic E-state index is 0.163. The van der Waals surface area contributed by atoms with Gasteiger partial charge in [0.05, 0.1) is 17.5 Å². The zero-order valence-electron chi connectivity index (χ0n) is 14.3. The second-order valence-corrected chi connectivity index (χ2v) is 8.50. The molecule has 2 heterocycles. The lowest BCUT2D eigenvalue weighted by Gasteiger charge is -2.08. The zero-order chi connectivity index (χ0) is 18.9. The van der Waals surface area contributed by atoms with Crippen molar-refractivity contribution in [2.24, 2.45) is 0 Å². The molecule has 0 bridgehead atoms. The third-order valence-electron chi connectivity index (χ3n) is 4.11. The molecule has 0 spiro atoms. The van der Waals surface area contributed by atoms with Crippen molar-refractivity contribution >= 4 is 42.8 Å². The van der Waals surface area contributed by atoms with Gasteiger partial charge in [0, 0.05) is 24.2 Å². The molecule has 26 heavy (non-hydrogen) atoms. The van der Waals surface area contributed by atoms with E-state index >= 15 is 0 Å². The maximum Gasteiger partial charge on any atom is 0.305 e. The Bertz CT molecular complexity index is 1070. The highest BCUT2D eigenvalue weighted by Crippen LogP contribution is 2.28. The Kier molecular flexibility index (Phi) is 5.15. The molecule has 3 aromatic rings. The van der Waals surface area contributed by atoms with E-state index < -0.39 is 10.0 Å². The van der Waals surface area contributed by atoms with Gasteiger partial charge in [-0.15, -0.1) is 0 Å². The number of nitrogens with zero attached hydrogens (tertiary/aromatic N) is 2. The number of hydrogen-bond donors (Lipinski definition) is 0. The number of fused-ring (bicyclic) bond motifs is 1. The van der Waals surface area contributed by atoms with Crippen LogP contribution in [0.25, 0.3) is 10.9 Å². The Morgan fingerprint density at radius 2 is 1.96 bits per heavy atom. The fourth-order valence-electron chi connectivity index (χ4n) is 2.69. The second kappa shape index (κ2) is 7.20. The molecule has 0 amide bonds. The van der Waals surface area contributed by atoms with Crippen LogP contribution in [0.3, 0.4) is 0 Å². The van der Waals surface area contributed by atoms with Crippen LogP contribution in [0.5, 0.6) is 0 Å². The van der Waals surface area contributed by atoms with Crippen molar-refractivity contribution in [3.8, 4) is 0 Å². The molecule has 136 valence electrons. The van der Waals surface area contributed by atoms with Gasteiger partial charge in [-0.05, 0) is 53.0 Å². The van der Waals surface area contributed by atoms with Gasteiger partial charge in [0.25, 0.3) is 10.0 Å². The number of rotatable bonds is 5. The Balaban J connectivity index is 2.14. The summed E-state index contributed by atoms with van der Waals surface area (Å²) in [4.78, 5) is 15.9. The zero-order valence-corrected chi connectivity index (χ0v) is 16.7. The average Bonchev–Trinajstić information content (AvgIpc) is 2.98. The van der Waals surface area contributed by atoms with Crippen LogP contribution < -0.4 is 0 Å². The maximum atomic E-state index is 13.1. The van der Waals surface area contributed by atoms with Crippen LogP contribution in [0.2, 0.25) is 0 Å². The van der Waals surface area contributed by atoms with Crippen LogP contribution >= 0.6 is 15.9 Å². The summed E-state index contributed by atoms with van der Waals surface area (Å²) in [6, 6.07) is 8.34. The molecule has 0 atom stereocenters. The summed E-state index contributed by atoms with van der Waals surface area (Å²) in [7, 11) is -2.44. The Morgan fingerprint density at radius 1 is 1.27 bits per heavy atom. The highest BCUT2D eigenvalue weighted by atomic mass is 79.9. The summed E-state index contributed by atoms with van der Waals surface area (Å²) >= 11 is 3.29. The summed E-state index contributed by atoms with van der Waals surface area (Å²) < 4.78 is 32.7. The normalized spacial score (nSPS) is 11.7. The molecule has 0 unspecified atom stereocenters. The predicted octanol–water partition coefficient (Wildman–Crippen LogP) is 3.45. The summed E-state index contributed by atoms with van der Waals surface area (Å²) in [6.07, 6.45) is 3.68. The highest BCUT2D eigenvalue weighted by molar-refractivity contribution is 9.10. The third kappa shape index (κ3) is 3.52. The lowest BCUT2D eigenvalue weighted by Crippen LogP contribution is -2.12. The quantitative estimate of drug-likeness (QED) is 0.452. The summed E-state index contributed by atoms with van der Waals surface area (Å²) in [6.45, 7) is 1.90. The van der Waals surface area contributed by atoms with Crippen LogP contribution in [0.1, 0.15) is 17.5 Å². The molecule has 0 saturated carbocycles. The fourth-order valence-corrected chi connectivity index (χ4v) is 4.39. The minimum Gasteiger partial charge on any atom is -0.469 e. The van der Waals surface area contributed by atoms with Crippen molar-refractivity contribution in [3.63, 3.8) is 0 Å². The van der Waals surface area contributed by atoms with Crippen LogP contribution in [0.4, 0.5) is 0 Å². The van der Waals surface area contributed by atoms with Gasteiger partial charge in [0.2, 0.25) is 0 Å². The van der Waals surface area contributed by atoms with E-state index in [0.717, 1.165) is 11.1 Å². The SMILES string of the molecule is COC(=O)CCc1cn(S(=O)(=O)c2ccc(C)cc2)c2cc(Br)ncc12. The van der Waals surface area contributed by atoms with Crippen molar-refractivity contribution in [1.82, 2.24) is 8.96 Å². The lowest BCUT2D eigenvalue weighted by atomic mass is 10.1. The first kappa shape index (κ1) is 18.6. The van der Waals surface area contributed by atoms with Crippen LogP contribution in [-0.4, -0.2) is 30.5 Å². The monoisotopic (exact) mass is 436 g/mol. The van der Waals surface area contributed by atoms with E-state index in [1.54, 1.807) is 42.7 Å². The molecule has 0 aliphatic heterocycles. The van der Waals surface area contributed by atoms with Gasteiger partial charge in [-0.25, -0.2) is 17.4 Å². The van der Waals surface area contributed by atoms with Gasteiger partial charge >= 0.3 is 5.97 Å². The number of halogens is 1. The lowest BCUT2D eigenvalue weighted by molar-refractivity contribution is -0.140. The summed E-state index contributed by atoms with van der Waals surface area (Å²) in [5, 5.41) is 0.688. The number of esters is 1. The van der Waals surface area contributed by atoms with E-state index in [4.69, 9.17) is 0 Å². The number of ether oxygens (including phenoxy) is 1.